The number of anilines is 2. The van der Waals surface area contributed by atoms with Gasteiger partial charge in [0.2, 0.25) is 5.91 Å². The van der Waals surface area contributed by atoms with E-state index in [9.17, 15) is 27.9 Å². The molecule has 1 saturated heterocycles. The molecule has 0 aromatic heterocycles. The van der Waals surface area contributed by atoms with Crippen LogP contribution in [0.2, 0.25) is 5.02 Å². The maximum Gasteiger partial charge on any atom is 0.416 e. The third kappa shape index (κ3) is 5.43. The molecule has 6 nitrogen and oxygen atoms in total. The van der Waals surface area contributed by atoms with Crippen molar-refractivity contribution in [1.82, 2.24) is 4.90 Å². The molecule has 0 atom stereocenters. The number of rotatable bonds is 5. The first-order chi connectivity index (χ1) is 14.1. The monoisotopic (exact) mass is 441 g/mol. The second kappa shape index (κ2) is 8.93. The van der Waals surface area contributed by atoms with Gasteiger partial charge in [0.05, 0.1) is 23.4 Å². The van der Waals surface area contributed by atoms with Crippen LogP contribution in [0.3, 0.4) is 0 Å². The molecular formula is C20H19ClF3N3O3. The van der Waals surface area contributed by atoms with Crippen LogP contribution in [-0.4, -0.2) is 54.6 Å². The lowest BCUT2D eigenvalue weighted by Gasteiger charge is -2.36. The number of hydrogen-bond acceptors (Lipinski definition) is 4. The minimum atomic E-state index is -4.40. The highest BCUT2D eigenvalue weighted by molar-refractivity contribution is 6.31. The van der Waals surface area contributed by atoms with Crippen LogP contribution in [0.1, 0.15) is 15.9 Å². The SMILES string of the molecule is O=C(CN1CCN(c2cccc(C(F)(F)F)c2)CC1)Nc1cc(Cl)ccc1C(=O)O. The van der Waals surface area contributed by atoms with Gasteiger partial charge in [-0.1, -0.05) is 17.7 Å². The number of benzene rings is 2. The molecule has 1 aliphatic heterocycles. The Morgan fingerprint density at radius 3 is 2.40 bits per heavy atom. The van der Waals surface area contributed by atoms with Gasteiger partial charge in [0.25, 0.3) is 0 Å². The van der Waals surface area contributed by atoms with Crippen molar-refractivity contribution in [2.24, 2.45) is 0 Å². The molecule has 0 bridgehead atoms. The van der Waals surface area contributed by atoms with Crippen LogP contribution < -0.4 is 10.2 Å². The average molecular weight is 442 g/mol. The summed E-state index contributed by atoms with van der Waals surface area (Å²) in [7, 11) is 0. The van der Waals surface area contributed by atoms with Gasteiger partial charge in [0.1, 0.15) is 0 Å². The standard InChI is InChI=1S/C20H19ClF3N3O3/c21-14-4-5-16(19(29)30)17(11-14)25-18(28)12-26-6-8-27(9-7-26)15-3-1-2-13(10-15)20(22,23)24/h1-5,10-11H,6-9,12H2,(H,25,28)(H,29,30). The minimum Gasteiger partial charge on any atom is -0.478 e. The Morgan fingerprint density at radius 2 is 1.77 bits per heavy atom. The van der Waals surface area contributed by atoms with Crippen LogP contribution in [0.4, 0.5) is 24.5 Å². The van der Waals surface area contributed by atoms with E-state index in [2.05, 4.69) is 5.32 Å². The Balaban J connectivity index is 1.57. The van der Waals surface area contributed by atoms with Gasteiger partial charge in [-0.2, -0.15) is 13.2 Å². The molecule has 1 fully saturated rings. The van der Waals surface area contributed by atoms with Crippen molar-refractivity contribution in [1.29, 1.82) is 0 Å². The Kier molecular flexibility index (Phi) is 6.52. The van der Waals surface area contributed by atoms with Crippen molar-refractivity contribution in [3.63, 3.8) is 0 Å². The number of carbonyl (C=O) groups is 2. The van der Waals surface area contributed by atoms with Crippen molar-refractivity contribution in [3.05, 3.63) is 58.6 Å². The fraction of sp³-hybridized carbons (Fsp3) is 0.300. The molecule has 10 heteroatoms. The fourth-order valence-corrected chi connectivity index (χ4v) is 3.41. The van der Waals surface area contributed by atoms with Crippen LogP contribution in [0.5, 0.6) is 0 Å². The van der Waals surface area contributed by atoms with Crippen LogP contribution in [0.25, 0.3) is 0 Å². The van der Waals surface area contributed by atoms with Crippen molar-refractivity contribution in [3.8, 4) is 0 Å². The Bertz CT molecular complexity index is 944. The van der Waals surface area contributed by atoms with Gasteiger partial charge >= 0.3 is 12.1 Å². The molecule has 0 spiro atoms. The predicted octanol–water partition coefficient (Wildman–Crippen LogP) is 3.82. The molecule has 0 radical (unpaired) electrons. The number of alkyl halides is 3. The number of halogens is 4. The highest BCUT2D eigenvalue weighted by Crippen LogP contribution is 2.32. The van der Waals surface area contributed by atoms with E-state index in [0.29, 0.717) is 36.9 Å². The number of amides is 1. The van der Waals surface area contributed by atoms with Gasteiger partial charge in [-0.25, -0.2) is 4.79 Å². The molecule has 1 amide bonds. The van der Waals surface area contributed by atoms with Crippen molar-refractivity contribution >= 4 is 34.9 Å². The maximum atomic E-state index is 12.9. The van der Waals surface area contributed by atoms with Gasteiger partial charge in [0.15, 0.2) is 0 Å². The van der Waals surface area contributed by atoms with E-state index < -0.39 is 23.6 Å². The van der Waals surface area contributed by atoms with Crippen LogP contribution in [0.15, 0.2) is 42.5 Å². The quantitative estimate of drug-likeness (QED) is 0.738. The Morgan fingerprint density at radius 1 is 1.07 bits per heavy atom. The minimum absolute atomic E-state index is 0.0298. The maximum absolute atomic E-state index is 12.9. The van der Waals surface area contributed by atoms with Crippen LogP contribution >= 0.6 is 11.6 Å². The van der Waals surface area contributed by atoms with Gasteiger partial charge in [-0.15, -0.1) is 0 Å². The van der Waals surface area contributed by atoms with Crippen molar-refractivity contribution in [2.45, 2.75) is 6.18 Å². The molecule has 2 N–H and O–H groups in total. The molecule has 3 rings (SSSR count). The van der Waals surface area contributed by atoms with Gasteiger partial charge in [-0.3, -0.25) is 9.69 Å². The number of nitrogens with zero attached hydrogens (tertiary/aromatic N) is 2. The number of carbonyl (C=O) groups excluding carboxylic acids is 1. The molecule has 0 unspecified atom stereocenters. The summed E-state index contributed by atoms with van der Waals surface area (Å²) in [5, 5.41) is 12.1. The Hall–Kier alpha value is -2.78. The summed E-state index contributed by atoms with van der Waals surface area (Å²) in [6.07, 6.45) is -4.40. The van der Waals surface area contributed by atoms with Crippen LogP contribution in [-0.2, 0) is 11.0 Å². The number of nitrogens with one attached hydrogen (secondary N) is 1. The predicted molar refractivity (Wildman–Crippen MR) is 107 cm³/mol. The third-order valence-electron chi connectivity index (χ3n) is 4.76. The third-order valence-corrected chi connectivity index (χ3v) is 5.00. The molecule has 1 aliphatic rings. The summed E-state index contributed by atoms with van der Waals surface area (Å²) in [6.45, 7) is 1.91. The second-order valence-corrected chi connectivity index (χ2v) is 7.29. The zero-order chi connectivity index (χ0) is 21.9. The fourth-order valence-electron chi connectivity index (χ4n) is 3.24. The lowest BCUT2D eigenvalue weighted by atomic mass is 10.1. The molecule has 2 aromatic rings. The zero-order valence-electron chi connectivity index (χ0n) is 15.7. The van der Waals surface area contributed by atoms with E-state index in [4.69, 9.17) is 11.6 Å². The molecule has 30 heavy (non-hydrogen) atoms. The van der Waals surface area contributed by atoms with Gasteiger partial charge in [-0.05, 0) is 36.4 Å². The molecule has 0 aliphatic carbocycles. The summed E-state index contributed by atoms with van der Waals surface area (Å²) < 4.78 is 38.7. The van der Waals surface area contributed by atoms with E-state index in [1.54, 1.807) is 6.07 Å². The summed E-state index contributed by atoms with van der Waals surface area (Å²) in [5.74, 6) is -1.58. The van der Waals surface area contributed by atoms with Gasteiger partial charge in [0, 0.05) is 36.9 Å². The van der Waals surface area contributed by atoms with E-state index in [0.717, 1.165) is 12.1 Å². The molecule has 2 aromatic carbocycles. The second-order valence-electron chi connectivity index (χ2n) is 6.85. The average Bonchev–Trinajstić information content (AvgIpc) is 2.68. The first kappa shape index (κ1) is 21.9. The Labute approximate surface area is 175 Å². The number of carboxylic acids is 1. The van der Waals surface area contributed by atoms with E-state index in [1.165, 1.54) is 24.3 Å². The molecule has 1 heterocycles. The molecule has 0 saturated carbocycles. The lowest BCUT2D eigenvalue weighted by Crippen LogP contribution is -2.48. The normalized spacial score (nSPS) is 15.1. The number of piperazine rings is 1. The highest BCUT2D eigenvalue weighted by Gasteiger charge is 2.31. The summed E-state index contributed by atoms with van der Waals surface area (Å²) in [6, 6.07) is 9.27. The van der Waals surface area contributed by atoms with Crippen molar-refractivity contribution in [2.75, 3.05) is 42.9 Å². The first-order valence-electron chi connectivity index (χ1n) is 9.11. The summed E-state index contributed by atoms with van der Waals surface area (Å²) in [5.41, 5.74) is -0.166. The zero-order valence-corrected chi connectivity index (χ0v) is 16.5. The summed E-state index contributed by atoms with van der Waals surface area (Å²) >= 11 is 5.88. The lowest BCUT2D eigenvalue weighted by molar-refractivity contribution is -0.137. The number of hydrogen-bond donors (Lipinski definition) is 2. The summed E-state index contributed by atoms with van der Waals surface area (Å²) in [4.78, 5) is 27.3. The number of carboxylic acid groups (broad SMARTS) is 1. The smallest absolute Gasteiger partial charge is 0.416 e. The van der Waals surface area contributed by atoms with Crippen LogP contribution in [0, 0.1) is 0 Å². The van der Waals surface area contributed by atoms with Crippen molar-refractivity contribution < 1.29 is 27.9 Å². The highest BCUT2D eigenvalue weighted by atomic mass is 35.5. The molecule has 160 valence electrons. The molecular weight excluding hydrogens is 423 g/mol. The topological polar surface area (TPSA) is 72.9 Å². The van der Waals surface area contributed by atoms with E-state index >= 15 is 0 Å². The van der Waals surface area contributed by atoms with Gasteiger partial charge < -0.3 is 15.3 Å². The first-order valence-corrected chi connectivity index (χ1v) is 9.48. The largest absolute Gasteiger partial charge is 0.478 e. The number of aromatic carboxylic acids is 1. The van der Waals surface area contributed by atoms with E-state index in [1.807, 2.05) is 9.80 Å². The van der Waals surface area contributed by atoms with E-state index in [-0.39, 0.29) is 17.8 Å².